The van der Waals surface area contributed by atoms with E-state index in [1.54, 1.807) is 26.0 Å². The molecule has 1 heterocycles. The van der Waals surface area contributed by atoms with Gasteiger partial charge in [-0.2, -0.15) is 0 Å². The number of piperidine rings is 1. The molecule has 1 fully saturated rings. The van der Waals surface area contributed by atoms with Crippen LogP contribution in [0.15, 0.2) is 66.7 Å². The first kappa shape index (κ1) is 29.0. The number of carbonyl (C=O) groups is 3. The van der Waals surface area contributed by atoms with E-state index in [1.807, 2.05) is 48.5 Å². The van der Waals surface area contributed by atoms with Gasteiger partial charge in [0.25, 0.3) is 0 Å². The number of halogens is 1. The Balaban J connectivity index is 1.64. The first-order valence-electron chi connectivity index (χ1n) is 13.5. The third-order valence-corrected chi connectivity index (χ3v) is 8.46. The van der Waals surface area contributed by atoms with Gasteiger partial charge in [-0.15, -0.1) is 0 Å². The molecule has 0 spiro atoms. The maximum absolute atomic E-state index is 14.2. The second-order valence-electron chi connectivity index (χ2n) is 10.3. The van der Waals surface area contributed by atoms with Crippen molar-refractivity contribution in [3.05, 3.63) is 81.4 Å². The molecule has 3 aromatic carbocycles. The van der Waals surface area contributed by atoms with Crippen LogP contribution in [0.1, 0.15) is 24.0 Å². The number of likely N-dealkylation sites (N-methyl/N-ethyl adjacent to an activating group) is 3. The van der Waals surface area contributed by atoms with Crippen LogP contribution >= 0.6 is 22.6 Å². The molecule has 0 aliphatic carbocycles. The SMILES string of the molecule is CNC(=O)[C@@H](Cc1ccc(I)cc1)N(C)C(=O)[C@@H](Cc1ccc2ccccc2c1)N(C)C(=O)C1CCNCC1. The Hall–Kier alpha value is -2.98. The summed E-state index contributed by atoms with van der Waals surface area (Å²) in [5, 5.41) is 8.24. The maximum atomic E-state index is 14.2. The quantitative estimate of drug-likeness (QED) is 0.351. The fourth-order valence-electron chi connectivity index (χ4n) is 5.29. The molecule has 0 radical (unpaired) electrons. The summed E-state index contributed by atoms with van der Waals surface area (Å²) in [4.78, 5) is 43.9. The molecule has 2 N–H and O–H groups in total. The van der Waals surface area contributed by atoms with Gasteiger partial charge in [-0.25, -0.2) is 0 Å². The second-order valence-corrected chi connectivity index (χ2v) is 11.5. The Morgan fingerprint density at radius 1 is 0.872 bits per heavy atom. The summed E-state index contributed by atoms with van der Waals surface area (Å²) in [6.45, 7) is 1.59. The van der Waals surface area contributed by atoms with Crippen LogP contribution in [0, 0.1) is 9.49 Å². The topological polar surface area (TPSA) is 81.8 Å². The third kappa shape index (κ3) is 7.16. The number of rotatable bonds is 9. The molecule has 4 rings (SSSR count). The van der Waals surface area contributed by atoms with Gasteiger partial charge < -0.3 is 20.4 Å². The molecular weight excluding hydrogens is 603 g/mol. The van der Waals surface area contributed by atoms with Gasteiger partial charge in [0.2, 0.25) is 17.7 Å². The molecule has 206 valence electrons. The lowest BCUT2D eigenvalue weighted by molar-refractivity contribution is -0.149. The molecule has 0 bridgehead atoms. The first-order valence-corrected chi connectivity index (χ1v) is 14.5. The van der Waals surface area contributed by atoms with Crippen molar-refractivity contribution in [1.29, 1.82) is 0 Å². The van der Waals surface area contributed by atoms with Gasteiger partial charge in [0, 0.05) is 43.5 Å². The molecule has 0 aromatic heterocycles. The van der Waals surface area contributed by atoms with Gasteiger partial charge in [-0.05, 0) is 82.6 Å². The maximum Gasteiger partial charge on any atom is 0.246 e. The van der Waals surface area contributed by atoms with Crippen molar-refractivity contribution in [1.82, 2.24) is 20.4 Å². The van der Waals surface area contributed by atoms with Crippen molar-refractivity contribution in [2.24, 2.45) is 5.92 Å². The summed E-state index contributed by atoms with van der Waals surface area (Å²) >= 11 is 2.25. The summed E-state index contributed by atoms with van der Waals surface area (Å²) in [6.07, 6.45) is 2.26. The van der Waals surface area contributed by atoms with E-state index in [9.17, 15) is 14.4 Å². The minimum Gasteiger partial charge on any atom is -0.357 e. The summed E-state index contributed by atoms with van der Waals surface area (Å²) in [5.74, 6) is -0.610. The highest BCUT2D eigenvalue weighted by Gasteiger charge is 2.36. The van der Waals surface area contributed by atoms with Crippen molar-refractivity contribution in [3.63, 3.8) is 0 Å². The van der Waals surface area contributed by atoms with Gasteiger partial charge in [0.05, 0.1) is 0 Å². The summed E-state index contributed by atoms with van der Waals surface area (Å²) < 4.78 is 1.10. The Kier molecular flexibility index (Phi) is 9.96. The molecule has 39 heavy (non-hydrogen) atoms. The molecule has 0 unspecified atom stereocenters. The van der Waals surface area contributed by atoms with Crippen LogP contribution in [0.5, 0.6) is 0 Å². The van der Waals surface area contributed by atoms with Gasteiger partial charge in [0.15, 0.2) is 0 Å². The number of nitrogens with one attached hydrogen (secondary N) is 2. The number of hydrogen-bond donors (Lipinski definition) is 2. The van der Waals surface area contributed by atoms with Gasteiger partial charge in [-0.3, -0.25) is 14.4 Å². The zero-order chi connectivity index (χ0) is 27.9. The molecule has 2 atom stereocenters. The van der Waals surface area contributed by atoms with E-state index in [-0.39, 0.29) is 23.6 Å². The fraction of sp³-hybridized carbons (Fsp3) is 0.387. The number of benzene rings is 3. The van der Waals surface area contributed by atoms with E-state index in [4.69, 9.17) is 0 Å². The smallest absolute Gasteiger partial charge is 0.246 e. The number of fused-ring (bicyclic) bond motifs is 1. The van der Waals surface area contributed by atoms with Crippen molar-refractivity contribution >= 4 is 51.1 Å². The molecule has 1 aliphatic heterocycles. The molecular formula is C31H37IN4O3. The van der Waals surface area contributed by atoms with E-state index < -0.39 is 12.1 Å². The number of carbonyl (C=O) groups excluding carboxylic acids is 3. The normalized spacial score (nSPS) is 15.4. The average Bonchev–Trinajstić information content (AvgIpc) is 2.98. The standard InChI is InChI=1S/C31H37IN4O3/c1-33-29(37)27(19-21-9-12-26(32)13-10-21)35(2)31(39)28(36(3)30(38)24-14-16-34-17-15-24)20-22-8-11-23-6-4-5-7-25(23)18-22/h4-13,18,24,27-28,34H,14-17,19-20H2,1-3H3,(H,33,37)/t27-,28-/m1/s1. The fourth-order valence-corrected chi connectivity index (χ4v) is 5.65. The predicted octanol–water partition coefficient (Wildman–Crippen LogP) is 3.63. The zero-order valence-corrected chi connectivity index (χ0v) is 25.0. The number of nitrogens with zero attached hydrogens (tertiary/aromatic N) is 2. The minimum absolute atomic E-state index is 0.0156. The number of amides is 3. The number of hydrogen-bond acceptors (Lipinski definition) is 4. The van der Waals surface area contributed by atoms with Gasteiger partial charge in [0.1, 0.15) is 12.1 Å². The van der Waals surface area contributed by atoms with E-state index in [0.717, 1.165) is 51.4 Å². The summed E-state index contributed by atoms with van der Waals surface area (Å²) in [5.41, 5.74) is 1.94. The Bertz CT molecular complexity index is 1310. The van der Waals surface area contributed by atoms with E-state index in [1.165, 1.54) is 4.90 Å². The monoisotopic (exact) mass is 640 g/mol. The highest BCUT2D eigenvalue weighted by molar-refractivity contribution is 14.1. The second kappa shape index (κ2) is 13.4. The molecule has 1 saturated heterocycles. The molecule has 7 nitrogen and oxygen atoms in total. The van der Waals surface area contributed by atoms with Crippen molar-refractivity contribution in [2.45, 2.75) is 37.8 Å². The highest BCUT2D eigenvalue weighted by Crippen LogP contribution is 2.22. The summed E-state index contributed by atoms with van der Waals surface area (Å²) in [6, 6.07) is 20.8. The van der Waals surface area contributed by atoms with E-state index in [0.29, 0.717) is 12.8 Å². The zero-order valence-electron chi connectivity index (χ0n) is 22.8. The lowest BCUT2D eigenvalue weighted by atomic mass is 9.94. The van der Waals surface area contributed by atoms with Crippen LogP contribution < -0.4 is 10.6 Å². The van der Waals surface area contributed by atoms with Crippen LogP contribution in [0.3, 0.4) is 0 Å². The molecule has 8 heteroatoms. The van der Waals surface area contributed by atoms with Crippen LogP contribution in [-0.4, -0.2) is 73.8 Å². The first-order chi connectivity index (χ1) is 18.8. The Morgan fingerprint density at radius 2 is 1.49 bits per heavy atom. The third-order valence-electron chi connectivity index (χ3n) is 7.74. The average molecular weight is 641 g/mol. The highest BCUT2D eigenvalue weighted by atomic mass is 127. The largest absolute Gasteiger partial charge is 0.357 e. The van der Waals surface area contributed by atoms with Crippen molar-refractivity contribution < 1.29 is 14.4 Å². The molecule has 3 amide bonds. The van der Waals surface area contributed by atoms with E-state index in [2.05, 4.69) is 51.4 Å². The predicted molar refractivity (Wildman–Crippen MR) is 163 cm³/mol. The van der Waals surface area contributed by atoms with Crippen LogP contribution in [-0.2, 0) is 27.2 Å². The Morgan fingerprint density at radius 3 is 2.15 bits per heavy atom. The van der Waals surface area contributed by atoms with Crippen LogP contribution in [0.4, 0.5) is 0 Å². The van der Waals surface area contributed by atoms with Crippen molar-refractivity contribution in [2.75, 3.05) is 34.2 Å². The van der Waals surface area contributed by atoms with Crippen LogP contribution in [0.2, 0.25) is 0 Å². The minimum atomic E-state index is -0.734. The van der Waals surface area contributed by atoms with Gasteiger partial charge >= 0.3 is 0 Å². The molecule has 0 saturated carbocycles. The lowest BCUT2D eigenvalue weighted by Gasteiger charge is -2.36. The van der Waals surface area contributed by atoms with Crippen LogP contribution in [0.25, 0.3) is 10.8 Å². The summed E-state index contributed by atoms with van der Waals surface area (Å²) in [7, 11) is 4.99. The molecule has 3 aromatic rings. The lowest BCUT2D eigenvalue weighted by Crippen LogP contribution is -2.56. The Labute approximate surface area is 244 Å². The van der Waals surface area contributed by atoms with Gasteiger partial charge in [-0.1, -0.05) is 54.6 Å². The van der Waals surface area contributed by atoms with Crippen molar-refractivity contribution in [3.8, 4) is 0 Å². The van der Waals surface area contributed by atoms with E-state index >= 15 is 0 Å². The molecule has 1 aliphatic rings.